The molecule has 5 nitrogen and oxygen atoms in total. The van der Waals surface area contributed by atoms with Gasteiger partial charge in [0.1, 0.15) is 0 Å². The van der Waals surface area contributed by atoms with Gasteiger partial charge in [-0.2, -0.15) is 0 Å². The molecular weight excluding hydrogens is 192 g/mol. The second kappa shape index (κ2) is 3.53. The van der Waals surface area contributed by atoms with Crippen LogP contribution in [0.1, 0.15) is 13.3 Å². The van der Waals surface area contributed by atoms with E-state index in [9.17, 15) is 13.5 Å². The van der Waals surface area contributed by atoms with E-state index in [-0.39, 0.29) is 5.75 Å². The molecule has 1 saturated heterocycles. The fourth-order valence-corrected chi connectivity index (χ4v) is 2.00. The molecule has 1 fully saturated rings. The Morgan fingerprint density at radius 2 is 2.23 bits per heavy atom. The van der Waals surface area contributed by atoms with Gasteiger partial charge >= 0.3 is 0 Å². The Bertz CT molecular complexity index is 273. The van der Waals surface area contributed by atoms with Gasteiger partial charge in [-0.15, -0.1) is 0 Å². The summed E-state index contributed by atoms with van der Waals surface area (Å²) in [5, 5.41) is 14.4. The van der Waals surface area contributed by atoms with Crippen molar-refractivity contribution >= 4 is 10.0 Å². The predicted octanol–water partition coefficient (Wildman–Crippen LogP) is -1.27. The van der Waals surface area contributed by atoms with E-state index in [0.717, 1.165) is 6.54 Å². The topological polar surface area (TPSA) is 83.6 Å². The summed E-state index contributed by atoms with van der Waals surface area (Å²) in [6.07, 6.45) is 0.692. The molecule has 0 amide bonds. The van der Waals surface area contributed by atoms with Gasteiger partial charge in [-0.1, -0.05) is 0 Å². The van der Waals surface area contributed by atoms with Gasteiger partial charge in [0.15, 0.2) is 0 Å². The summed E-state index contributed by atoms with van der Waals surface area (Å²) in [5.74, 6) is -0.0386. The molecule has 1 aliphatic heterocycles. The van der Waals surface area contributed by atoms with E-state index in [1.165, 1.54) is 0 Å². The van der Waals surface area contributed by atoms with Gasteiger partial charge in [0.25, 0.3) is 0 Å². The lowest BCUT2D eigenvalue weighted by Crippen LogP contribution is -2.34. The molecule has 1 unspecified atom stereocenters. The zero-order chi connectivity index (χ0) is 10.1. The van der Waals surface area contributed by atoms with Crippen molar-refractivity contribution in [1.29, 1.82) is 0 Å². The number of likely N-dealkylation sites (tertiary alicyclic amines) is 1. The molecule has 0 radical (unpaired) electrons. The van der Waals surface area contributed by atoms with Crippen molar-refractivity contribution in [2.24, 2.45) is 5.14 Å². The van der Waals surface area contributed by atoms with E-state index in [1.807, 2.05) is 4.90 Å². The van der Waals surface area contributed by atoms with Crippen molar-refractivity contribution < 1.29 is 13.5 Å². The molecule has 0 aromatic heterocycles. The zero-order valence-corrected chi connectivity index (χ0v) is 8.55. The number of nitrogens with zero attached hydrogens (tertiary/aromatic N) is 1. The first kappa shape index (κ1) is 10.9. The Labute approximate surface area is 78.6 Å². The number of primary sulfonamides is 1. The van der Waals surface area contributed by atoms with E-state index in [2.05, 4.69) is 0 Å². The van der Waals surface area contributed by atoms with Crippen LogP contribution in [-0.4, -0.2) is 49.4 Å². The first-order chi connectivity index (χ1) is 5.79. The summed E-state index contributed by atoms with van der Waals surface area (Å²) >= 11 is 0. The minimum absolute atomic E-state index is 0.0386. The lowest BCUT2D eigenvalue weighted by Gasteiger charge is -2.17. The number of β-amino-alcohol motifs (C(OH)–C–C–N with tert-alkyl or cyclic N) is 1. The Hall–Kier alpha value is -0.170. The molecular formula is C7H16N2O3S. The molecule has 1 atom stereocenters. The van der Waals surface area contributed by atoms with Gasteiger partial charge in [0, 0.05) is 19.6 Å². The molecule has 3 N–H and O–H groups in total. The number of sulfonamides is 1. The molecule has 0 spiro atoms. The van der Waals surface area contributed by atoms with Crippen molar-refractivity contribution in [3.63, 3.8) is 0 Å². The third-order valence-electron chi connectivity index (χ3n) is 2.22. The normalized spacial score (nSPS) is 31.0. The van der Waals surface area contributed by atoms with Crippen molar-refractivity contribution in [2.75, 3.05) is 25.4 Å². The van der Waals surface area contributed by atoms with Crippen LogP contribution >= 0.6 is 0 Å². The zero-order valence-electron chi connectivity index (χ0n) is 7.73. The van der Waals surface area contributed by atoms with Gasteiger partial charge < -0.3 is 5.11 Å². The maximum atomic E-state index is 10.6. The fourth-order valence-electron chi connectivity index (χ4n) is 1.49. The molecule has 1 rings (SSSR count). The maximum Gasteiger partial charge on any atom is 0.210 e. The second-order valence-corrected chi connectivity index (χ2v) is 5.62. The van der Waals surface area contributed by atoms with E-state index in [4.69, 9.17) is 5.14 Å². The molecule has 0 aromatic rings. The highest BCUT2D eigenvalue weighted by molar-refractivity contribution is 7.89. The standard InChI is InChI=1S/C7H16N2O3S/c1-7(10)2-3-9(6-7)4-5-13(8,11)12/h10H,2-6H2,1H3,(H2,8,11,12). The summed E-state index contributed by atoms with van der Waals surface area (Å²) in [4.78, 5) is 1.91. The summed E-state index contributed by atoms with van der Waals surface area (Å²) in [7, 11) is -3.37. The van der Waals surface area contributed by atoms with Crippen LogP contribution in [0.2, 0.25) is 0 Å². The Balaban J connectivity index is 2.34. The van der Waals surface area contributed by atoms with Crippen LogP contribution in [0.25, 0.3) is 0 Å². The first-order valence-electron chi connectivity index (χ1n) is 4.24. The van der Waals surface area contributed by atoms with Crippen LogP contribution in [0.4, 0.5) is 0 Å². The van der Waals surface area contributed by atoms with Crippen molar-refractivity contribution in [3.05, 3.63) is 0 Å². The highest BCUT2D eigenvalue weighted by atomic mass is 32.2. The summed E-state index contributed by atoms with van der Waals surface area (Å²) < 4.78 is 21.3. The van der Waals surface area contributed by atoms with Crippen molar-refractivity contribution in [2.45, 2.75) is 18.9 Å². The molecule has 0 bridgehead atoms. The third kappa shape index (κ3) is 4.04. The van der Waals surface area contributed by atoms with Gasteiger partial charge in [0.2, 0.25) is 10.0 Å². The lowest BCUT2D eigenvalue weighted by atomic mass is 10.1. The smallest absolute Gasteiger partial charge is 0.210 e. The molecule has 1 heterocycles. The Kier molecular flexibility index (Phi) is 2.96. The van der Waals surface area contributed by atoms with Crippen LogP contribution in [0, 0.1) is 0 Å². The first-order valence-corrected chi connectivity index (χ1v) is 5.95. The molecule has 6 heteroatoms. The van der Waals surface area contributed by atoms with Crippen molar-refractivity contribution in [1.82, 2.24) is 4.90 Å². The van der Waals surface area contributed by atoms with Crippen LogP contribution < -0.4 is 5.14 Å². The molecule has 0 aliphatic carbocycles. The Morgan fingerprint density at radius 1 is 1.62 bits per heavy atom. The number of hydrogen-bond acceptors (Lipinski definition) is 4. The number of nitrogens with two attached hydrogens (primary N) is 1. The predicted molar refractivity (Wildman–Crippen MR) is 49.7 cm³/mol. The molecule has 0 aromatic carbocycles. The second-order valence-electron chi connectivity index (χ2n) is 3.89. The maximum absolute atomic E-state index is 10.6. The molecule has 78 valence electrons. The largest absolute Gasteiger partial charge is 0.389 e. The van der Waals surface area contributed by atoms with Gasteiger partial charge in [0.05, 0.1) is 11.4 Å². The quantitative estimate of drug-likeness (QED) is 0.606. The highest BCUT2D eigenvalue weighted by Gasteiger charge is 2.31. The van der Waals surface area contributed by atoms with Crippen LogP contribution in [0.15, 0.2) is 0 Å². The van der Waals surface area contributed by atoms with Crippen LogP contribution in [-0.2, 0) is 10.0 Å². The van der Waals surface area contributed by atoms with Crippen molar-refractivity contribution in [3.8, 4) is 0 Å². The number of aliphatic hydroxyl groups is 1. The van der Waals surface area contributed by atoms with Crippen LogP contribution in [0.3, 0.4) is 0 Å². The number of hydrogen-bond donors (Lipinski definition) is 2. The summed E-state index contributed by atoms with van der Waals surface area (Å²) in [6, 6.07) is 0. The molecule has 13 heavy (non-hydrogen) atoms. The van der Waals surface area contributed by atoms with E-state index < -0.39 is 15.6 Å². The molecule has 1 aliphatic rings. The van der Waals surface area contributed by atoms with Gasteiger partial charge in [-0.3, -0.25) is 4.90 Å². The highest BCUT2D eigenvalue weighted by Crippen LogP contribution is 2.19. The number of rotatable bonds is 3. The average Bonchev–Trinajstić information content (AvgIpc) is 2.24. The fraction of sp³-hybridized carbons (Fsp3) is 1.00. The Morgan fingerprint density at radius 3 is 2.62 bits per heavy atom. The minimum atomic E-state index is -3.37. The monoisotopic (exact) mass is 208 g/mol. The summed E-state index contributed by atoms with van der Waals surface area (Å²) in [5.41, 5.74) is -0.668. The minimum Gasteiger partial charge on any atom is -0.389 e. The van der Waals surface area contributed by atoms with E-state index in [1.54, 1.807) is 6.92 Å². The van der Waals surface area contributed by atoms with Gasteiger partial charge in [-0.25, -0.2) is 13.6 Å². The molecule has 0 saturated carbocycles. The van der Waals surface area contributed by atoms with Crippen LogP contribution in [0.5, 0.6) is 0 Å². The van der Waals surface area contributed by atoms with E-state index in [0.29, 0.717) is 19.5 Å². The average molecular weight is 208 g/mol. The SMILES string of the molecule is CC1(O)CCN(CCS(N)(=O)=O)C1. The van der Waals surface area contributed by atoms with E-state index >= 15 is 0 Å². The lowest BCUT2D eigenvalue weighted by molar-refractivity contribution is 0.0696. The third-order valence-corrected chi connectivity index (χ3v) is 2.97. The van der Waals surface area contributed by atoms with Gasteiger partial charge in [-0.05, 0) is 13.3 Å². The summed E-state index contributed by atoms with van der Waals surface area (Å²) in [6.45, 7) is 3.43.